The standard InChI is InChI=1S/C23H30N2O2S.2ClH/c1-2-28(26,27)21-9-6-17(7-10-21)20-8-11-22(25-16-20)23(18-4-3-5-18)19-12-14-24-15-13-19;;/h6-11,16,18-19,23-24H,2-5,12-15H2,1H3;2*1H. The first-order valence-electron chi connectivity index (χ1n) is 10.6. The van der Waals surface area contributed by atoms with Crippen LogP contribution < -0.4 is 5.32 Å². The molecule has 166 valence electrons. The summed E-state index contributed by atoms with van der Waals surface area (Å²) in [7, 11) is -3.15. The Kier molecular flexibility index (Phi) is 9.16. The first-order chi connectivity index (χ1) is 13.6. The van der Waals surface area contributed by atoms with E-state index in [0.29, 0.717) is 10.8 Å². The molecule has 7 heteroatoms. The van der Waals surface area contributed by atoms with Crippen molar-refractivity contribution in [1.82, 2.24) is 10.3 Å². The maximum atomic E-state index is 12.0. The Morgan fingerprint density at radius 2 is 1.53 bits per heavy atom. The van der Waals surface area contributed by atoms with Gasteiger partial charge in [0, 0.05) is 23.4 Å². The highest BCUT2D eigenvalue weighted by Crippen LogP contribution is 2.45. The van der Waals surface area contributed by atoms with Gasteiger partial charge < -0.3 is 5.32 Å². The SMILES string of the molecule is CCS(=O)(=O)c1ccc(-c2ccc(C(C3CCC3)C3CCNCC3)nc2)cc1.Cl.Cl. The van der Waals surface area contributed by atoms with Crippen molar-refractivity contribution in [2.75, 3.05) is 18.8 Å². The molecule has 1 saturated carbocycles. The van der Waals surface area contributed by atoms with Gasteiger partial charge in [0.1, 0.15) is 0 Å². The number of benzene rings is 1. The average molecular weight is 471 g/mol. The molecule has 2 aromatic rings. The number of pyridine rings is 1. The summed E-state index contributed by atoms with van der Waals surface area (Å²) in [5.74, 6) is 2.24. The van der Waals surface area contributed by atoms with Crippen LogP contribution in [0.25, 0.3) is 11.1 Å². The number of rotatable bonds is 6. The summed E-state index contributed by atoms with van der Waals surface area (Å²) in [6.45, 7) is 3.92. The number of halogens is 2. The summed E-state index contributed by atoms with van der Waals surface area (Å²) >= 11 is 0. The Bertz CT molecular complexity index is 892. The Morgan fingerprint density at radius 1 is 0.933 bits per heavy atom. The van der Waals surface area contributed by atoms with Crippen molar-refractivity contribution in [3.63, 3.8) is 0 Å². The fourth-order valence-electron chi connectivity index (χ4n) is 4.66. The second-order valence-corrected chi connectivity index (χ2v) is 10.5. The second kappa shape index (κ2) is 10.9. The molecular formula is C23H32Cl2N2O2S. The number of hydrogen-bond donors (Lipinski definition) is 1. The third-order valence-electron chi connectivity index (χ3n) is 6.60. The number of hydrogen-bond acceptors (Lipinski definition) is 4. The fourth-order valence-corrected chi connectivity index (χ4v) is 5.55. The Morgan fingerprint density at radius 3 is 2.03 bits per heavy atom. The predicted octanol–water partition coefficient (Wildman–Crippen LogP) is 5.27. The monoisotopic (exact) mass is 470 g/mol. The molecule has 0 amide bonds. The lowest BCUT2D eigenvalue weighted by Gasteiger charge is -2.40. The highest BCUT2D eigenvalue weighted by Gasteiger charge is 2.35. The summed E-state index contributed by atoms with van der Waals surface area (Å²) in [6.07, 6.45) is 8.50. The van der Waals surface area contributed by atoms with Crippen molar-refractivity contribution in [3.8, 4) is 11.1 Å². The van der Waals surface area contributed by atoms with Crippen molar-refractivity contribution in [3.05, 3.63) is 48.3 Å². The molecule has 1 unspecified atom stereocenters. The van der Waals surface area contributed by atoms with Crippen LogP contribution >= 0.6 is 24.8 Å². The van der Waals surface area contributed by atoms with E-state index < -0.39 is 9.84 Å². The van der Waals surface area contributed by atoms with Crippen LogP contribution in [0.5, 0.6) is 0 Å². The van der Waals surface area contributed by atoms with Gasteiger partial charge in [0.05, 0.1) is 10.6 Å². The average Bonchev–Trinajstić information content (AvgIpc) is 2.71. The van der Waals surface area contributed by atoms with E-state index in [2.05, 4.69) is 17.4 Å². The smallest absolute Gasteiger partial charge is 0.178 e. The zero-order chi connectivity index (χ0) is 19.6. The predicted molar refractivity (Wildman–Crippen MR) is 128 cm³/mol. The minimum absolute atomic E-state index is 0. The lowest BCUT2D eigenvalue weighted by atomic mass is 9.67. The number of nitrogens with one attached hydrogen (secondary N) is 1. The molecule has 1 saturated heterocycles. The molecule has 4 nitrogen and oxygen atoms in total. The molecule has 1 aromatic heterocycles. The molecule has 0 spiro atoms. The van der Waals surface area contributed by atoms with Crippen molar-refractivity contribution in [2.45, 2.75) is 49.8 Å². The number of sulfone groups is 1. The van der Waals surface area contributed by atoms with E-state index in [1.54, 1.807) is 19.1 Å². The van der Waals surface area contributed by atoms with Crippen LogP contribution in [0.15, 0.2) is 47.5 Å². The highest BCUT2D eigenvalue weighted by molar-refractivity contribution is 7.91. The quantitative estimate of drug-likeness (QED) is 0.624. The molecule has 1 aliphatic heterocycles. The van der Waals surface area contributed by atoms with Crippen LogP contribution in [-0.4, -0.2) is 32.2 Å². The lowest BCUT2D eigenvalue weighted by molar-refractivity contribution is 0.176. The van der Waals surface area contributed by atoms with Gasteiger partial charge >= 0.3 is 0 Å². The van der Waals surface area contributed by atoms with Crippen LogP contribution in [0.4, 0.5) is 0 Å². The first kappa shape index (κ1) is 25.1. The minimum Gasteiger partial charge on any atom is -0.317 e. The number of piperidine rings is 1. The van der Waals surface area contributed by atoms with E-state index in [1.807, 2.05) is 18.3 Å². The normalized spacial score (nSPS) is 18.6. The molecular weight excluding hydrogens is 439 g/mol. The van der Waals surface area contributed by atoms with Crippen LogP contribution in [0, 0.1) is 11.8 Å². The van der Waals surface area contributed by atoms with E-state index in [0.717, 1.165) is 36.1 Å². The van der Waals surface area contributed by atoms with E-state index in [-0.39, 0.29) is 30.6 Å². The van der Waals surface area contributed by atoms with E-state index in [4.69, 9.17) is 4.98 Å². The lowest BCUT2D eigenvalue weighted by Crippen LogP contribution is -2.35. The van der Waals surface area contributed by atoms with Gasteiger partial charge in [-0.3, -0.25) is 4.98 Å². The zero-order valence-corrected chi connectivity index (χ0v) is 19.9. The molecule has 1 aromatic carbocycles. The van der Waals surface area contributed by atoms with Crippen molar-refractivity contribution in [2.24, 2.45) is 11.8 Å². The summed E-state index contributed by atoms with van der Waals surface area (Å²) in [4.78, 5) is 5.27. The van der Waals surface area contributed by atoms with Gasteiger partial charge in [0.2, 0.25) is 0 Å². The molecule has 0 bridgehead atoms. The van der Waals surface area contributed by atoms with E-state index >= 15 is 0 Å². The summed E-state index contributed by atoms with van der Waals surface area (Å²) < 4.78 is 24.0. The van der Waals surface area contributed by atoms with Crippen molar-refractivity contribution < 1.29 is 8.42 Å². The van der Waals surface area contributed by atoms with Gasteiger partial charge in [-0.2, -0.15) is 0 Å². The Hall–Kier alpha value is -1.14. The van der Waals surface area contributed by atoms with E-state index in [1.165, 1.54) is 37.8 Å². The van der Waals surface area contributed by atoms with E-state index in [9.17, 15) is 8.42 Å². The summed E-state index contributed by atoms with van der Waals surface area (Å²) in [6, 6.07) is 11.5. The molecule has 2 heterocycles. The third kappa shape index (κ3) is 5.37. The second-order valence-electron chi connectivity index (χ2n) is 8.20. The largest absolute Gasteiger partial charge is 0.317 e. The van der Waals surface area contributed by atoms with Gasteiger partial charge in [-0.05, 0) is 74.4 Å². The fraction of sp³-hybridized carbons (Fsp3) is 0.522. The van der Waals surface area contributed by atoms with Gasteiger partial charge in [-0.15, -0.1) is 24.8 Å². The first-order valence-corrected chi connectivity index (χ1v) is 12.2. The third-order valence-corrected chi connectivity index (χ3v) is 8.35. The molecule has 1 aliphatic carbocycles. The number of nitrogens with zero attached hydrogens (tertiary/aromatic N) is 1. The van der Waals surface area contributed by atoms with Crippen LogP contribution in [0.1, 0.15) is 50.6 Å². The van der Waals surface area contributed by atoms with Gasteiger partial charge in [-0.25, -0.2) is 8.42 Å². The van der Waals surface area contributed by atoms with Crippen LogP contribution in [-0.2, 0) is 9.84 Å². The highest BCUT2D eigenvalue weighted by atomic mass is 35.5. The Labute approximate surface area is 193 Å². The van der Waals surface area contributed by atoms with Gasteiger partial charge in [0.25, 0.3) is 0 Å². The maximum Gasteiger partial charge on any atom is 0.178 e. The summed E-state index contributed by atoms with van der Waals surface area (Å²) in [5, 5.41) is 3.48. The minimum atomic E-state index is -3.15. The molecule has 0 radical (unpaired) electrons. The Balaban J connectivity index is 0.00000160. The van der Waals surface area contributed by atoms with Gasteiger partial charge in [-0.1, -0.05) is 31.5 Å². The summed E-state index contributed by atoms with van der Waals surface area (Å²) in [5.41, 5.74) is 3.29. The van der Waals surface area contributed by atoms with Crippen molar-refractivity contribution in [1.29, 1.82) is 0 Å². The van der Waals surface area contributed by atoms with Gasteiger partial charge in [0.15, 0.2) is 9.84 Å². The van der Waals surface area contributed by atoms with Crippen molar-refractivity contribution >= 4 is 34.7 Å². The van der Waals surface area contributed by atoms with Crippen LogP contribution in [0.2, 0.25) is 0 Å². The zero-order valence-electron chi connectivity index (χ0n) is 17.4. The molecule has 1 atom stereocenters. The topological polar surface area (TPSA) is 59.1 Å². The molecule has 2 fully saturated rings. The maximum absolute atomic E-state index is 12.0. The molecule has 2 aliphatic rings. The molecule has 4 rings (SSSR count). The van der Waals surface area contributed by atoms with Crippen LogP contribution in [0.3, 0.4) is 0 Å². The molecule has 30 heavy (non-hydrogen) atoms. The number of aromatic nitrogens is 1. The molecule has 1 N–H and O–H groups in total.